The molecule has 0 saturated carbocycles. The minimum Gasteiger partial charge on any atom is -0.389 e. The van der Waals surface area contributed by atoms with E-state index in [0.29, 0.717) is 12.1 Å². The number of halogens is 4. The molecular weight excluding hydrogens is 350 g/mol. The van der Waals surface area contributed by atoms with Crippen LogP contribution in [0.3, 0.4) is 0 Å². The summed E-state index contributed by atoms with van der Waals surface area (Å²) in [5, 5.41) is 3.44. The van der Waals surface area contributed by atoms with Gasteiger partial charge in [0.05, 0.1) is 11.3 Å². The first-order valence-corrected chi connectivity index (χ1v) is 8.57. The third-order valence-electron chi connectivity index (χ3n) is 3.25. The van der Waals surface area contributed by atoms with Crippen LogP contribution in [0.4, 0.5) is 17.6 Å². The van der Waals surface area contributed by atoms with Gasteiger partial charge in [-0.05, 0) is 31.5 Å². The third-order valence-corrected chi connectivity index (χ3v) is 4.82. The molecule has 4 nitrogen and oxygen atoms in total. The molecule has 0 N–H and O–H groups in total. The smallest absolute Gasteiger partial charge is 0.389 e. The van der Waals surface area contributed by atoms with Crippen LogP contribution in [0, 0.1) is 5.82 Å². The summed E-state index contributed by atoms with van der Waals surface area (Å²) < 4.78 is 75.2. The largest absolute Gasteiger partial charge is 0.419 e. The Bertz CT molecular complexity index is 795. The van der Waals surface area contributed by atoms with E-state index in [1.807, 2.05) is 0 Å². The van der Waals surface area contributed by atoms with Crippen LogP contribution in [-0.2, 0) is 20.9 Å². The Kier molecular flexibility index (Phi) is 4.76. The summed E-state index contributed by atoms with van der Waals surface area (Å²) >= 11 is 0. The van der Waals surface area contributed by atoms with Gasteiger partial charge in [0.2, 0.25) is 0 Å². The molecule has 0 amide bonds. The van der Waals surface area contributed by atoms with Crippen molar-refractivity contribution in [2.24, 2.45) is 5.16 Å². The molecule has 0 unspecified atom stereocenters. The van der Waals surface area contributed by atoms with Gasteiger partial charge in [-0.2, -0.15) is 13.2 Å². The van der Waals surface area contributed by atoms with Crippen molar-refractivity contribution in [3.05, 3.63) is 41.2 Å². The van der Waals surface area contributed by atoms with Crippen molar-refractivity contribution in [3.8, 4) is 0 Å². The second-order valence-electron chi connectivity index (χ2n) is 5.93. The van der Waals surface area contributed by atoms with Gasteiger partial charge in [-0.25, -0.2) is 12.8 Å². The molecule has 0 fully saturated rings. The summed E-state index contributed by atoms with van der Waals surface area (Å²) in [6, 6.07) is 2.44. The lowest BCUT2D eigenvalue weighted by Crippen LogP contribution is -2.23. The minimum atomic E-state index is -4.82. The lowest BCUT2D eigenvalue weighted by Gasteiger charge is -2.12. The van der Waals surface area contributed by atoms with Gasteiger partial charge in [0.15, 0.2) is 14.9 Å². The van der Waals surface area contributed by atoms with Gasteiger partial charge in [0.1, 0.15) is 11.4 Å². The van der Waals surface area contributed by atoms with Crippen molar-refractivity contribution >= 4 is 21.0 Å². The molecule has 1 aromatic rings. The highest BCUT2D eigenvalue weighted by Crippen LogP contribution is 2.32. The normalized spacial score (nSPS) is 17.8. The summed E-state index contributed by atoms with van der Waals surface area (Å²) in [6.07, 6.45) is -2.32. The van der Waals surface area contributed by atoms with Crippen molar-refractivity contribution in [1.82, 2.24) is 0 Å². The maximum atomic E-state index is 13.2. The molecule has 0 aliphatic carbocycles. The lowest BCUT2D eigenvalue weighted by atomic mass is 10.1. The van der Waals surface area contributed by atoms with E-state index in [9.17, 15) is 26.0 Å². The predicted octanol–water partition coefficient (Wildman–Crippen LogP) is 3.78. The molecule has 132 valence electrons. The molecule has 1 aromatic carbocycles. The van der Waals surface area contributed by atoms with Gasteiger partial charge >= 0.3 is 6.18 Å². The van der Waals surface area contributed by atoms with E-state index in [4.69, 9.17) is 4.84 Å². The van der Waals surface area contributed by atoms with E-state index in [0.717, 1.165) is 6.07 Å². The number of rotatable bonds is 3. The summed E-state index contributed by atoms with van der Waals surface area (Å²) in [4.78, 5) is 4.99. The van der Waals surface area contributed by atoms with Crippen LogP contribution in [0.1, 0.15) is 31.4 Å². The standard InChI is InChI=1S/C15H15F4NO3S/c1-14(2)9-13(20-23-14)24(21,22)7-3-4-10-5-6-12(16)11(8-10)15(17,18)19/h3-6,8H,7,9H2,1-2H3/b4-3+. The molecule has 1 aliphatic heterocycles. The molecule has 0 spiro atoms. The van der Waals surface area contributed by atoms with Crippen LogP contribution in [0.5, 0.6) is 0 Å². The number of benzene rings is 1. The van der Waals surface area contributed by atoms with Gasteiger partial charge in [0.25, 0.3) is 0 Å². The second-order valence-corrected chi connectivity index (χ2v) is 7.97. The van der Waals surface area contributed by atoms with Crippen LogP contribution >= 0.6 is 0 Å². The van der Waals surface area contributed by atoms with Crippen LogP contribution in [0.25, 0.3) is 6.08 Å². The molecule has 0 saturated heterocycles. The monoisotopic (exact) mass is 365 g/mol. The average Bonchev–Trinajstić information content (AvgIpc) is 2.80. The van der Waals surface area contributed by atoms with Crippen molar-refractivity contribution in [2.75, 3.05) is 5.75 Å². The van der Waals surface area contributed by atoms with Gasteiger partial charge in [-0.1, -0.05) is 23.4 Å². The number of alkyl halides is 3. The number of hydrogen-bond acceptors (Lipinski definition) is 4. The fourth-order valence-electron chi connectivity index (χ4n) is 2.04. The van der Waals surface area contributed by atoms with Crippen LogP contribution in [-0.4, -0.2) is 24.8 Å². The summed E-state index contributed by atoms with van der Waals surface area (Å²) in [5.74, 6) is -1.82. The summed E-state index contributed by atoms with van der Waals surface area (Å²) in [5.41, 5.74) is -2.06. The molecule has 2 rings (SSSR count). The Labute approximate surface area is 136 Å². The topological polar surface area (TPSA) is 55.7 Å². The molecule has 0 aromatic heterocycles. The van der Waals surface area contributed by atoms with Crippen LogP contribution < -0.4 is 0 Å². The fraction of sp³-hybridized carbons (Fsp3) is 0.400. The van der Waals surface area contributed by atoms with Gasteiger partial charge in [0, 0.05) is 6.42 Å². The van der Waals surface area contributed by atoms with E-state index < -0.39 is 38.7 Å². The highest BCUT2D eigenvalue weighted by atomic mass is 32.2. The first-order chi connectivity index (χ1) is 10.9. The van der Waals surface area contributed by atoms with E-state index >= 15 is 0 Å². The van der Waals surface area contributed by atoms with E-state index in [1.54, 1.807) is 13.8 Å². The lowest BCUT2D eigenvalue weighted by molar-refractivity contribution is -0.140. The maximum Gasteiger partial charge on any atom is 0.419 e. The van der Waals surface area contributed by atoms with Gasteiger partial charge in [-0.15, -0.1) is 0 Å². The fourth-order valence-corrected chi connectivity index (χ4v) is 3.30. The Balaban J connectivity index is 2.12. The Morgan fingerprint density at radius 3 is 2.54 bits per heavy atom. The first-order valence-electron chi connectivity index (χ1n) is 6.92. The highest BCUT2D eigenvalue weighted by Gasteiger charge is 2.35. The highest BCUT2D eigenvalue weighted by molar-refractivity contribution is 8.06. The predicted molar refractivity (Wildman–Crippen MR) is 81.4 cm³/mol. The van der Waals surface area contributed by atoms with Crippen LogP contribution in [0.2, 0.25) is 0 Å². The van der Waals surface area contributed by atoms with E-state index in [1.165, 1.54) is 12.2 Å². The van der Waals surface area contributed by atoms with Crippen molar-refractivity contribution in [1.29, 1.82) is 0 Å². The number of sulfone groups is 1. The summed E-state index contributed by atoms with van der Waals surface area (Å²) in [7, 11) is -3.71. The Morgan fingerprint density at radius 2 is 2.00 bits per heavy atom. The van der Waals surface area contributed by atoms with E-state index in [2.05, 4.69) is 5.16 Å². The van der Waals surface area contributed by atoms with Gasteiger partial charge in [-0.3, -0.25) is 0 Å². The average molecular weight is 365 g/mol. The molecule has 0 atom stereocenters. The molecule has 9 heteroatoms. The summed E-state index contributed by atoms with van der Waals surface area (Å²) in [6.45, 7) is 3.37. The molecule has 0 bridgehead atoms. The number of oxime groups is 1. The van der Waals surface area contributed by atoms with Crippen molar-refractivity contribution < 1.29 is 30.8 Å². The molecule has 1 heterocycles. The molecule has 1 aliphatic rings. The number of hydrogen-bond donors (Lipinski definition) is 0. The maximum absolute atomic E-state index is 13.2. The first kappa shape index (κ1) is 18.4. The zero-order valence-corrected chi connectivity index (χ0v) is 13.7. The second kappa shape index (κ2) is 6.19. The van der Waals surface area contributed by atoms with E-state index in [-0.39, 0.29) is 17.0 Å². The SMILES string of the molecule is CC1(C)CC(S(=O)(=O)C/C=C/c2ccc(F)c(C(F)(F)F)c2)=NO1. The number of nitrogens with zero attached hydrogens (tertiary/aromatic N) is 1. The third kappa shape index (κ3) is 4.34. The molecule has 24 heavy (non-hydrogen) atoms. The minimum absolute atomic E-state index is 0.0452. The van der Waals surface area contributed by atoms with Crippen molar-refractivity contribution in [2.45, 2.75) is 32.0 Å². The Morgan fingerprint density at radius 1 is 1.33 bits per heavy atom. The molecule has 0 radical (unpaired) electrons. The molecular formula is C15H15F4NO3S. The van der Waals surface area contributed by atoms with Gasteiger partial charge < -0.3 is 4.84 Å². The Hall–Kier alpha value is -1.90. The quantitative estimate of drug-likeness (QED) is 0.766. The zero-order valence-electron chi connectivity index (χ0n) is 12.9. The zero-order chi connectivity index (χ0) is 18.2. The van der Waals surface area contributed by atoms with Crippen LogP contribution in [0.15, 0.2) is 29.4 Å². The van der Waals surface area contributed by atoms with Crippen molar-refractivity contribution in [3.63, 3.8) is 0 Å².